The second kappa shape index (κ2) is 6.33. The second-order valence-electron chi connectivity index (χ2n) is 5.06. The third-order valence-corrected chi connectivity index (χ3v) is 2.60. The Bertz CT molecular complexity index is 251. The normalized spacial score (nSPS) is 12.9. The molecule has 0 bridgehead atoms. The largest absolute Gasteiger partial charge is 0.464 e. The maximum atomic E-state index is 11.8. The van der Waals surface area contributed by atoms with E-state index in [4.69, 9.17) is 14.7 Å². The zero-order chi connectivity index (χ0) is 13.7. The van der Waals surface area contributed by atoms with E-state index in [0.717, 1.165) is 0 Å². The van der Waals surface area contributed by atoms with E-state index in [1.165, 1.54) is 5.06 Å². The summed E-state index contributed by atoms with van der Waals surface area (Å²) in [5.74, 6) is -0.389. The first kappa shape index (κ1) is 16.4. The molecule has 0 heterocycles. The van der Waals surface area contributed by atoms with Gasteiger partial charge in [0, 0.05) is 6.61 Å². The molecule has 0 aliphatic carbocycles. The molecule has 0 spiro atoms. The number of esters is 1. The first-order valence-corrected chi connectivity index (χ1v) is 5.96. The van der Waals surface area contributed by atoms with Crippen LogP contribution in [0.2, 0.25) is 0 Å². The molecule has 2 N–H and O–H groups in total. The van der Waals surface area contributed by atoms with Crippen LogP contribution in [0.4, 0.5) is 0 Å². The van der Waals surface area contributed by atoms with Gasteiger partial charge in [0.05, 0.1) is 13.2 Å². The quantitative estimate of drug-likeness (QED) is 0.384. The zero-order valence-electron chi connectivity index (χ0n) is 11.8. The monoisotopic (exact) mass is 248 g/mol. The van der Waals surface area contributed by atoms with Gasteiger partial charge in [-0.3, -0.25) is 0 Å². The molecule has 0 rings (SSSR count). The van der Waals surface area contributed by atoms with Crippen molar-refractivity contribution in [1.29, 1.82) is 0 Å². The average molecular weight is 248 g/mol. The Morgan fingerprint density at radius 3 is 2.12 bits per heavy atom. The van der Waals surface area contributed by atoms with Crippen LogP contribution in [0, 0.1) is 0 Å². The summed E-state index contributed by atoms with van der Waals surface area (Å²) in [6.45, 7) is 12.1. The zero-order valence-corrected chi connectivity index (χ0v) is 11.8. The van der Waals surface area contributed by atoms with Crippen molar-refractivity contribution < 1.29 is 19.5 Å². The maximum absolute atomic E-state index is 11.8. The first-order valence-electron chi connectivity index (χ1n) is 5.96. The lowest BCUT2D eigenvalue weighted by molar-refractivity contribution is -0.241. The Morgan fingerprint density at radius 2 is 1.71 bits per heavy atom. The Kier molecular flexibility index (Phi) is 6.09. The van der Waals surface area contributed by atoms with Crippen molar-refractivity contribution in [1.82, 2.24) is 5.06 Å². The predicted octanol–water partition coefficient (Wildman–Crippen LogP) is 1.08. The Morgan fingerprint density at radius 1 is 1.18 bits per heavy atom. The second-order valence-corrected chi connectivity index (χ2v) is 5.06. The van der Waals surface area contributed by atoms with Gasteiger partial charge in [-0.2, -0.15) is 0 Å². The minimum atomic E-state index is -0.989. The van der Waals surface area contributed by atoms with Gasteiger partial charge in [-0.1, -0.05) is 5.06 Å². The van der Waals surface area contributed by atoms with Gasteiger partial charge in [-0.05, 0) is 41.5 Å². The van der Waals surface area contributed by atoms with E-state index in [9.17, 15) is 4.79 Å². The van der Waals surface area contributed by atoms with Crippen LogP contribution in [0.25, 0.3) is 0 Å². The molecular formula is C12H26NO4+. The van der Waals surface area contributed by atoms with Crippen LogP contribution in [0.5, 0.6) is 0 Å². The Labute approximate surface area is 104 Å². The van der Waals surface area contributed by atoms with Crippen LogP contribution >= 0.6 is 0 Å². The fourth-order valence-electron chi connectivity index (χ4n) is 1.57. The van der Waals surface area contributed by atoms with Crippen molar-refractivity contribution in [2.24, 2.45) is 0 Å². The summed E-state index contributed by atoms with van der Waals surface area (Å²) in [7, 11) is 0. The molecule has 0 amide bonds. The van der Waals surface area contributed by atoms with E-state index in [2.05, 4.69) is 0 Å². The minimum Gasteiger partial charge on any atom is -0.464 e. The van der Waals surface area contributed by atoms with Gasteiger partial charge in [0.25, 0.3) is 0 Å². The average Bonchev–Trinajstić information content (AvgIpc) is 2.25. The highest BCUT2D eigenvalue weighted by molar-refractivity contribution is 5.79. The summed E-state index contributed by atoms with van der Waals surface area (Å²) in [6, 6.07) is 0. The minimum absolute atomic E-state index is 0.321. The third kappa shape index (κ3) is 4.26. The third-order valence-electron chi connectivity index (χ3n) is 2.60. The van der Waals surface area contributed by atoms with Gasteiger partial charge in [-0.25, -0.2) is 4.79 Å². The fraction of sp³-hybridized carbons (Fsp3) is 0.917. The van der Waals surface area contributed by atoms with Crippen LogP contribution in [0.1, 0.15) is 41.5 Å². The number of hydrogen-bond acceptors (Lipinski definition) is 4. The molecule has 17 heavy (non-hydrogen) atoms. The van der Waals surface area contributed by atoms with Gasteiger partial charge in [0.1, 0.15) is 5.54 Å². The number of carbonyl (C=O) groups excluding carboxylic acids is 1. The van der Waals surface area contributed by atoms with Crippen molar-refractivity contribution in [2.75, 3.05) is 19.8 Å². The van der Waals surface area contributed by atoms with Crippen LogP contribution in [-0.4, -0.2) is 47.1 Å². The molecule has 0 aliphatic rings. The van der Waals surface area contributed by atoms with Crippen molar-refractivity contribution in [3.8, 4) is 0 Å². The number of hydrogen-bond donors (Lipinski definition) is 0. The van der Waals surface area contributed by atoms with Crippen LogP contribution < -0.4 is 0 Å². The number of ether oxygens (including phenoxy) is 2. The lowest BCUT2D eigenvalue weighted by atomic mass is 9.97. The molecule has 0 atom stereocenters. The molecule has 0 saturated heterocycles. The molecule has 5 heteroatoms. The smallest absolute Gasteiger partial charge is 0.333 e. The molecule has 0 aromatic heterocycles. The van der Waals surface area contributed by atoms with Crippen molar-refractivity contribution >= 4 is 5.97 Å². The number of hydroxylamine groups is 2. The summed E-state index contributed by atoms with van der Waals surface area (Å²) in [5, 5.41) is 9.37. The number of nitrogens with zero attached hydrogens (tertiary/aromatic N) is 1. The predicted molar refractivity (Wildman–Crippen MR) is 66.7 cm³/mol. The van der Waals surface area contributed by atoms with Gasteiger partial charge in [-0.15, -0.1) is 0 Å². The topological polar surface area (TPSA) is 61.7 Å². The first-order chi connectivity index (χ1) is 7.70. The lowest BCUT2D eigenvalue weighted by Crippen LogP contribution is -2.59. The molecule has 0 radical (unpaired) electrons. The summed E-state index contributed by atoms with van der Waals surface area (Å²) in [6.07, 6.45) is 0. The number of carbonyl (C=O) groups is 1. The van der Waals surface area contributed by atoms with E-state index < -0.39 is 11.1 Å². The van der Waals surface area contributed by atoms with Crippen molar-refractivity contribution in [2.45, 2.75) is 52.6 Å². The van der Waals surface area contributed by atoms with E-state index >= 15 is 0 Å². The van der Waals surface area contributed by atoms with E-state index in [0.29, 0.717) is 19.8 Å². The maximum Gasteiger partial charge on any atom is 0.333 e. The molecule has 0 aromatic rings. The van der Waals surface area contributed by atoms with Crippen LogP contribution in [-0.2, 0) is 14.3 Å². The van der Waals surface area contributed by atoms with Gasteiger partial charge in [0.15, 0.2) is 5.54 Å². The summed E-state index contributed by atoms with van der Waals surface area (Å²) in [4.78, 5) is 11.8. The molecular weight excluding hydrogens is 222 g/mol. The molecule has 0 aliphatic heterocycles. The summed E-state index contributed by atoms with van der Waals surface area (Å²) in [5.41, 5.74) is -1.54. The SMILES string of the molecule is CCOCC(C)(C)N([OH2+])C(C)(C)C(=O)OCC. The summed E-state index contributed by atoms with van der Waals surface area (Å²) < 4.78 is 10.3. The highest BCUT2D eigenvalue weighted by atomic mass is 16.6. The highest BCUT2D eigenvalue weighted by Gasteiger charge is 2.47. The van der Waals surface area contributed by atoms with Crippen LogP contribution in [0.3, 0.4) is 0 Å². The van der Waals surface area contributed by atoms with Crippen LogP contribution in [0.15, 0.2) is 0 Å². The molecule has 5 nitrogen and oxygen atoms in total. The lowest BCUT2D eigenvalue weighted by Gasteiger charge is -2.37. The fourth-order valence-corrected chi connectivity index (χ4v) is 1.57. The molecule has 0 saturated carbocycles. The molecule has 0 fully saturated rings. The van der Waals surface area contributed by atoms with E-state index in [1.54, 1.807) is 20.8 Å². The van der Waals surface area contributed by atoms with Crippen molar-refractivity contribution in [3.63, 3.8) is 0 Å². The Balaban J connectivity index is 4.75. The van der Waals surface area contributed by atoms with Gasteiger partial charge < -0.3 is 14.7 Å². The van der Waals surface area contributed by atoms with E-state index in [1.807, 2.05) is 20.8 Å². The molecule has 0 aromatic carbocycles. The van der Waals surface area contributed by atoms with Gasteiger partial charge >= 0.3 is 5.97 Å². The standard InChI is InChI=1S/C12H25NO4/c1-7-16-9-11(3,4)13(15)12(5,6)10(14)17-8-2/h15H,7-9H2,1-6H3/p+1. The van der Waals surface area contributed by atoms with E-state index in [-0.39, 0.29) is 5.97 Å². The number of rotatable bonds is 7. The highest BCUT2D eigenvalue weighted by Crippen LogP contribution is 2.24. The summed E-state index contributed by atoms with van der Waals surface area (Å²) >= 11 is 0. The molecule has 0 unspecified atom stereocenters. The Hall–Kier alpha value is -0.650. The van der Waals surface area contributed by atoms with Crippen molar-refractivity contribution in [3.05, 3.63) is 0 Å². The molecule has 102 valence electrons. The van der Waals surface area contributed by atoms with Gasteiger partial charge in [0.2, 0.25) is 0 Å².